The molecule has 3 nitrogen and oxygen atoms in total. The maximum absolute atomic E-state index is 11.7. The molecule has 0 radical (unpaired) electrons. The minimum absolute atomic E-state index is 0. The molecule has 1 aromatic carbocycles. The summed E-state index contributed by atoms with van der Waals surface area (Å²) >= 11 is 5.85. The van der Waals surface area contributed by atoms with Crippen molar-refractivity contribution in [3.63, 3.8) is 0 Å². The summed E-state index contributed by atoms with van der Waals surface area (Å²) < 4.78 is 0. The highest BCUT2D eigenvalue weighted by molar-refractivity contribution is 6.30. The van der Waals surface area contributed by atoms with E-state index in [4.69, 9.17) is 17.3 Å². The van der Waals surface area contributed by atoms with E-state index < -0.39 is 6.04 Å². The number of rotatable bonds is 5. The molecule has 0 unspecified atom stereocenters. The summed E-state index contributed by atoms with van der Waals surface area (Å²) in [5.41, 5.74) is 6.75. The van der Waals surface area contributed by atoms with Crippen LogP contribution in [0.15, 0.2) is 24.3 Å². The molecular formula is C13H20Cl2N2O. The number of carbonyl (C=O) groups is 1. The standard InChI is InChI=1S/C13H19ClN2O.ClH/c1-9(2)6-12(15)13(17)16-8-10-4-3-5-11(14)7-10;/h3-5,7,9,12H,6,8,15H2,1-2H3,(H,16,17);1H/t12-;/m0./s1. The van der Waals surface area contributed by atoms with Gasteiger partial charge in [0, 0.05) is 11.6 Å². The van der Waals surface area contributed by atoms with E-state index in [2.05, 4.69) is 5.32 Å². The van der Waals surface area contributed by atoms with Crippen molar-refractivity contribution >= 4 is 29.9 Å². The van der Waals surface area contributed by atoms with E-state index in [1.807, 2.05) is 32.0 Å². The Kier molecular flexibility index (Phi) is 8.00. The van der Waals surface area contributed by atoms with Crippen LogP contribution in [0.4, 0.5) is 0 Å². The number of nitrogens with two attached hydrogens (primary N) is 1. The van der Waals surface area contributed by atoms with E-state index in [9.17, 15) is 4.79 Å². The second-order valence-electron chi connectivity index (χ2n) is 4.58. The fourth-order valence-corrected chi connectivity index (χ4v) is 1.79. The van der Waals surface area contributed by atoms with Crippen molar-refractivity contribution in [1.29, 1.82) is 0 Å². The van der Waals surface area contributed by atoms with Crippen molar-refractivity contribution in [2.75, 3.05) is 0 Å². The number of hydrogen-bond acceptors (Lipinski definition) is 2. The van der Waals surface area contributed by atoms with E-state index in [1.165, 1.54) is 0 Å². The van der Waals surface area contributed by atoms with Crippen molar-refractivity contribution in [3.8, 4) is 0 Å². The highest BCUT2D eigenvalue weighted by Gasteiger charge is 2.14. The maximum atomic E-state index is 11.7. The Morgan fingerprint density at radius 1 is 1.44 bits per heavy atom. The van der Waals surface area contributed by atoms with Crippen LogP contribution in [0, 0.1) is 5.92 Å². The molecule has 0 aromatic heterocycles. The predicted molar refractivity (Wildman–Crippen MR) is 78.0 cm³/mol. The molecule has 0 aliphatic carbocycles. The smallest absolute Gasteiger partial charge is 0.237 e. The molecule has 1 amide bonds. The third-order valence-electron chi connectivity index (χ3n) is 2.42. The van der Waals surface area contributed by atoms with Crippen LogP contribution in [0.2, 0.25) is 5.02 Å². The third kappa shape index (κ3) is 6.24. The summed E-state index contributed by atoms with van der Waals surface area (Å²) in [7, 11) is 0. The van der Waals surface area contributed by atoms with Gasteiger partial charge in [0.15, 0.2) is 0 Å². The van der Waals surface area contributed by atoms with E-state index in [1.54, 1.807) is 6.07 Å². The van der Waals surface area contributed by atoms with Gasteiger partial charge in [0.1, 0.15) is 0 Å². The number of benzene rings is 1. The zero-order valence-corrected chi connectivity index (χ0v) is 12.2. The van der Waals surface area contributed by atoms with Gasteiger partial charge in [-0.3, -0.25) is 4.79 Å². The van der Waals surface area contributed by atoms with Crippen LogP contribution in [0.25, 0.3) is 0 Å². The lowest BCUT2D eigenvalue weighted by molar-refractivity contribution is -0.122. The molecule has 0 saturated carbocycles. The Morgan fingerprint density at radius 3 is 2.67 bits per heavy atom. The van der Waals surface area contributed by atoms with Crippen LogP contribution < -0.4 is 11.1 Å². The van der Waals surface area contributed by atoms with Gasteiger partial charge in [-0.05, 0) is 30.0 Å². The molecule has 18 heavy (non-hydrogen) atoms. The molecule has 0 heterocycles. The zero-order valence-electron chi connectivity index (χ0n) is 10.7. The van der Waals surface area contributed by atoms with Gasteiger partial charge in [-0.2, -0.15) is 0 Å². The Morgan fingerprint density at radius 2 is 2.11 bits per heavy atom. The molecule has 1 atom stereocenters. The molecule has 1 aromatic rings. The number of hydrogen-bond donors (Lipinski definition) is 2. The van der Waals surface area contributed by atoms with Crippen LogP contribution in [0.1, 0.15) is 25.8 Å². The summed E-state index contributed by atoms with van der Waals surface area (Å²) in [6.07, 6.45) is 0.696. The molecule has 1 rings (SSSR count). The zero-order chi connectivity index (χ0) is 12.8. The van der Waals surface area contributed by atoms with Crippen molar-refractivity contribution in [2.24, 2.45) is 11.7 Å². The summed E-state index contributed by atoms with van der Waals surface area (Å²) in [5, 5.41) is 3.48. The normalized spacial score (nSPS) is 11.8. The summed E-state index contributed by atoms with van der Waals surface area (Å²) in [6.45, 7) is 4.55. The average molecular weight is 291 g/mol. The first kappa shape index (κ1) is 17.2. The highest BCUT2D eigenvalue weighted by Crippen LogP contribution is 2.10. The van der Waals surface area contributed by atoms with Gasteiger partial charge in [0.05, 0.1) is 6.04 Å². The van der Waals surface area contributed by atoms with Crippen molar-refractivity contribution in [3.05, 3.63) is 34.9 Å². The fourth-order valence-electron chi connectivity index (χ4n) is 1.58. The van der Waals surface area contributed by atoms with Gasteiger partial charge in [0.25, 0.3) is 0 Å². The molecule has 0 aliphatic heterocycles. The number of halogens is 2. The average Bonchev–Trinajstić information content (AvgIpc) is 2.25. The summed E-state index contributed by atoms with van der Waals surface area (Å²) in [4.78, 5) is 11.7. The molecule has 0 saturated heterocycles. The van der Waals surface area contributed by atoms with Gasteiger partial charge in [-0.1, -0.05) is 37.6 Å². The topological polar surface area (TPSA) is 55.1 Å². The second-order valence-corrected chi connectivity index (χ2v) is 5.02. The first-order chi connectivity index (χ1) is 7.99. The lowest BCUT2D eigenvalue weighted by Crippen LogP contribution is -2.41. The molecule has 0 spiro atoms. The van der Waals surface area contributed by atoms with E-state index in [-0.39, 0.29) is 18.3 Å². The number of nitrogens with one attached hydrogen (secondary N) is 1. The monoisotopic (exact) mass is 290 g/mol. The van der Waals surface area contributed by atoms with Gasteiger partial charge in [-0.25, -0.2) is 0 Å². The maximum Gasteiger partial charge on any atom is 0.237 e. The Balaban J connectivity index is 0.00000289. The first-order valence-electron chi connectivity index (χ1n) is 5.76. The van der Waals surface area contributed by atoms with E-state index in [0.717, 1.165) is 5.56 Å². The minimum Gasteiger partial charge on any atom is -0.351 e. The Labute approximate surface area is 119 Å². The molecule has 0 bridgehead atoms. The second kappa shape index (κ2) is 8.35. The SMILES string of the molecule is CC(C)C[C@H](N)C(=O)NCc1cccc(Cl)c1.Cl. The van der Waals surface area contributed by atoms with Gasteiger partial charge in [0.2, 0.25) is 5.91 Å². The summed E-state index contributed by atoms with van der Waals surface area (Å²) in [5.74, 6) is 0.306. The molecule has 0 aliphatic rings. The van der Waals surface area contributed by atoms with Crippen molar-refractivity contribution in [2.45, 2.75) is 32.9 Å². The molecular weight excluding hydrogens is 271 g/mol. The van der Waals surface area contributed by atoms with Crippen LogP contribution in [-0.4, -0.2) is 11.9 Å². The van der Waals surface area contributed by atoms with Crippen LogP contribution >= 0.6 is 24.0 Å². The Hall–Kier alpha value is -0.770. The van der Waals surface area contributed by atoms with E-state index >= 15 is 0 Å². The van der Waals surface area contributed by atoms with Crippen molar-refractivity contribution < 1.29 is 4.79 Å². The lowest BCUT2D eigenvalue weighted by atomic mass is 10.0. The lowest BCUT2D eigenvalue weighted by Gasteiger charge is -2.14. The molecule has 5 heteroatoms. The summed E-state index contributed by atoms with van der Waals surface area (Å²) in [6, 6.07) is 6.97. The van der Waals surface area contributed by atoms with E-state index in [0.29, 0.717) is 23.9 Å². The molecule has 0 fully saturated rings. The largest absolute Gasteiger partial charge is 0.351 e. The number of carbonyl (C=O) groups excluding carboxylic acids is 1. The fraction of sp³-hybridized carbons (Fsp3) is 0.462. The predicted octanol–water partition coefficient (Wildman–Crippen LogP) is 2.75. The van der Waals surface area contributed by atoms with Gasteiger partial charge >= 0.3 is 0 Å². The van der Waals surface area contributed by atoms with Crippen LogP contribution in [0.5, 0.6) is 0 Å². The molecule has 102 valence electrons. The Bertz CT molecular complexity index is 383. The van der Waals surface area contributed by atoms with Gasteiger partial charge in [-0.15, -0.1) is 12.4 Å². The highest BCUT2D eigenvalue weighted by atomic mass is 35.5. The third-order valence-corrected chi connectivity index (χ3v) is 2.65. The molecule has 3 N–H and O–H groups in total. The number of amides is 1. The quantitative estimate of drug-likeness (QED) is 0.876. The minimum atomic E-state index is -0.436. The van der Waals surface area contributed by atoms with Crippen LogP contribution in [-0.2, 0) is 11.3 Å². The van der Waals surface area contributed by atoms with Crippen molar-refractivity contribution in [1.82, 2.24) is 5.32 Å². The first-order valence-corrected chi connectivity index (χ1v) is 6.14. The van der Waals surface area contributed by atoms with Crippen LogP contribution in [0.3, 0.4) is 0 Å². The van der Waals surface area contributed by atoms with Gasteiger partial charge < -0.3 is 11.1 Å².